The lowest BCUT2D eigenvalue weighted by atomic mass is 10.0. The predicted octanol–water partition coefficient (Wildman–Crippen LogP) is 3.30. The van der Waals surface area contributed by atoms with Gasteiger partial charge in [-0.05, 0) is 30.7 Å². The van der Waals surface area contributed by atoms with Crippen molar-refractivity contribution in [3.05, 3.63) is 70.4 Å². The van der Waals surface area contributed by atoms with Crippen LogP contribution in [0.5, 0.6) is 5.75 Å². The number of pyridine rings is 1. The van der Waals surface area contributed by atoms with E-state index in [4.69, 9.17) is 21.1 Å². The maximum atomic E-state index is 14.1. The summed E-state index contributed by atoms with van der Waals surface area (Å²) in [7, 11) is 1.57. The van der Waals surface area contributed by atoms with Crippen molar-refractivity contribution in [3.63, 3.8) is 0 Å². The second-order valence-corrected chi connectivity index (χ2v) is 5.66. The van der Waals surface area contributed by atoms with Crippen LogP contribution in [0.25, 0.3) is 0 Å². The molecule has 0 amide bonds. The Morgan fingerprint density at radius 3 is 2.59 bits per heavy atom. The second-order valence-electron chi connectivity index (χ2n) is 5.30. The fraction of sp³-hybridized carbons (Fsp3) is 0.211. The molecular weight excluding hydrogens is 375 g/mol. The summed E-state index contributed by atoms with van der Waals surface area (Å²) >= 11 is 5.61. The number of carbonyl (C=O) groups is 2. The van der Waals surface area contributed by atoms with Crippen LogP contribution in [0.3, 0.4) is 0 Å². The third kappa shape index (κ3) is 5.27. The topological polar surface area (TPSA) is 77.5 Å². The Morgan fingerprint density at radius 2 is 1.96 bits per heavy atom. The molecule has 1 N–H and O–H groups in total. The normalized spacial score (nSPS) is 11.0. The minimum atomic E-state index is -0.991. The number of hydrogen-bond acceptors (Lipinski definition) is 6. The molecule has 2 rings (SSSR count). The van der Waals surface area contributed by atoms with Crippen LogP contribution in [0.2, 0.25) is 5.15 Å². The zero-order chi connectivity index (χ0) is 19.8. The summed E-state index contributed by atoms with van der Waals surface area (Å²) in [6, 6.07) is 8.38. The van der Waals surface area contributed by atoms with Crippen LogP contribution < -0.4 is 10.1 Å². The van der Waals surface area contributed by atoms with E-state index in [1.807, 2.05) is 12.1 Å². The smallest absolute Gasteiger partial charge is 0.343 e. The molecule has 1 aromatic carbocycles. The quantitative estimate of drug-likeness (QED) is 0.185. The molecule has 1 aromatic heterocycles. The molecule has 0 unspecified atom stereocenters. The fourth-order valence-electron chi connectivity index (χ4n) is 2.18. The van der Waals surface area contributed by atoms with Crippen LogP contribution >= 0.6 is 11.6 Å². The van der Waals surface area contributed by atoms with Crippen LogP contribution in [0.15, 0.2) is 48.3 Å². The molecule has 0 bridgehead atoms. The third-order valence-electron chi connectivity index (χ3n) is 3.54. The number of esters is 1. The van der Waals surface area contributed by atoms with Gasteiger partial charge in [-0.2, -0.15) is 0 Å². The number of benzene rings is 1. The Balaban J connectivity index is 2.22. The van der Waals surface area contributed by atoms with Gasteiger partial charge in [-0.25, -0.2) is 14.2 Å². The lowest BCUT2D eigenvalue weighted by Crippen LogP contribution is -2.20. The minimum absolute atomic E-state index is 0.0709. The number of nitrogens with zero attached hydrogens (tertiary/aromatic N) is 1. The Morgan fingerprint density at radius 1 is 1.26 bits per heavy atom. The maximum absolute atomic E-state index is 14.1. The van der Waals surface area contributed by atoms with Crippen molar-refractivity contribution in [1.82, 2.24) is 10.3 Å². The summed E-state index contributed by atoms with van der Waals surface area (Å²) in [5.74, 6) is -1.99. The molecule has 0 atom stereocenters. The van der Waals surface area contributed by atoms with E-state index in [0.717, 1.165) is 11.6 Å². The molecule has 0 saturated heterocycles. The average molecular weight is 393 g/mol. The molecule has 142 valence electrons. The Bertz CT molecular complexity index is 853. The number of rotatable bonds is 8. The first-order valence-corrected chi connectivity index (χ1v) is 8.44. The number of ketones is 1. The zero-order valence-corrected chi connectivity index (χ0v) is 15.5. The van der Waals surface area contributed by atoms with Gasteiger partial charge in [-0.15, -0.1) is 0 Å². The molecule has 0 saturated carbocycles. The van der Waals surface area contributed by atoms with Crippen LogP contribution in [0.4, 0.5) is 4.39 Å². The average Bonchev–Trinajstić information content (AvgIpc) is 2.67. The molecule has 2 aromatic rings. The highest BCUT2D eigenvalue weighted by molar-refractivity contribution is 6.31. The SMILES string of the molecule is CCOC(=O)/C(=C\NCc1ccc(OC)cc1)C(=O)c1ccnc(Cl)c1F. The van der Waals surface area contributed by atoms with Crippen molar-refractivity contribution >= 4 is 23.4 Å². The van der Waals surface area contributed by atoms with E-state index in [0.29, 0.717) is 12.3 Å². The van der Waals surface area contributed by atoms with Gasteiger partial charge < -0.3 is 14.8 Å². The van der Waals surface area contributed by atoms with Gasteiger partial charge in [0.15, 0.2) is 11.0 Å². The van der Waals surface area contributed by atoms with Gasteiger partial charge in [-0.1, -0.05) is 23.7 Å². The highest BCUT2D eigenvalue weighted by atomic mass is 35.5. The summed E-state index contributed by atoms with van der Waals surface area (Å²) in [4.78, 5) is 28.3. The molecule has 1 heterocycles. The van der Waals surface area contributed by atoms with Gasteiger partial charge in [0.05, 0.1) is 19.3 Å². The predicted molar refractivity (Wildman–Crippen MR) is 98.1 cm³/mol. The summed E-state index contributed by atoms with van der Waals surface area (Å²) in [6.45, 7) is 2.01. The lowest BCUT2D eigenvalue weighted by Gasteiger charge is -2.09. The van der Waals surface area contributed by atoms with Crippen molar-refractivity contribution in [2.24, 2.45) is 0 Å². The van der Waals surface area contributed by atoms with Crippen LogP contribution in [0.1, 0.15) is 22.8 Å². The summed E-state index contributed by atoms with van der Waals surface area (Å²) in [6.07, 6.45) is 2.39. The molecule has 0 aliphatic rings. The maximum Gasteiger partial charge on any atom is 0.343 e. The summed E-state index contributed by atoms with van der Waals surface area (Å²) in [5.41, 5.74) is 0.188. The number of Topliss-reactive ketones (excluding diaryl/α,β-unsaturated/α-hetero) is 1. The molecule has 8 heteroatoms. The number of nitrogens with one attached hydrogen (secondary N) is 1. The number of aromatic nitrogens is 1. The first-order chi connectivity index (χ1) is 13.0. The van der Waals surface area contributed by atoms with Gasteiger partial charge in [0.25, 0.3) is 0 Å². The van der Waals surface area contributed by atoms with Crippen molar-refractivity contribution in [3.8, 4) is 5.75 Å². The van der Waals surface area contributed by atoms with E-state index < -0.39 is 22.7 Å². The molecule has 6 nitrogen and oxygen atoms in total. The van der Waals surface area contributed by atoms with Crippen molar-refractivity contribution in [1.29, 1.82) is 0 Å². The van der Waals surface area contributed by atoms with Crippen molar-refractivity contribution in [2.45, 2.75) is 13.5 Å². The van der Waals surface area contributed by atoms with Crippen LogP contribution in [-0.4, -0.2) is 30.5 Å². The summed E-state index contributed by atoms with van der Waals surface area (Å²) < 4.78 is 24.1. The molecule has 0 aliphatic carbocycles. The number of ether oxygens (including phenoxy) is 2. The van der Waals surface area contributed by atoms with Crippen LogP contribution in [-0.2, 0) is 16.1 Å². The molecule has 27 heavy (non-hydrogen) atoms. The first-order valence-electron chi connectivity index (χ1n) is 8.06. The lowest BCUT2D eigenvalue weighted by molar-refractivity contribution is -0.138. The highest BCUT2D eigenvalue weighted by Gasteiger charge is 2.25. The van der Waals surface area contributed by atoms with Gasteiger partial charge in [0.1, 0.15) is 11.3 Å². The van der Waals surface area contributed by atoms with Crippen LogP contribution in [0, 0.1) is 5.82 Å². The first kappa shape index (κ1) is 20.4. The van der Waals surface area contributed by atoms with Crippen molar-refractivity contribution in [2.75, 3.05) is 13.7 Å². The van der Waals surface area contributed by atoms with Crippen molar-refractivity contribution < 1.29 is 23.5 Å². The van der Waals surface area contributed by atoms with Gasteiger partial charge in [-0.3, -0.25) is 4.79 Å². The molecule has 0 fully saturated rings. The van der Waals surface area contributed by atoms with E-state index in [2.05, 4.69) is 10.3 Å². The summed E-state index contributed by atoms with van der Waals surface area (Å²) in [5, 5.41) is 2.42. The van der Waals surface area contributed by atoms with Gasteiger partial charge >= 0.3 is 5.97 Å². The fourth-order valence-corrected chi connectivity index (χ4v) is 2.34. The number of methoxy groups -OCH3 is 1. The van der Waals surface area contributed by atoms with E-state index in [1.54, 1.807) is 26.2 Å². The van der Waals surface area contributed by atoms with E-state index in [1.165, 1.54) is 12.4 Å². The third-order valence-corrected chi connectivity index (χ3v) is 3.81. The molecule has 0 spiro atoms. The largest absolute Gasteiger partial charge is 0.497 e. The Hall–Kier alpha value is -2.93. The standard InChI is InChI=1S/C19H18ClFN2O4/c1-3-27-19(25)15(17(24)14-8-9-23-18(20)16(14)21)11-22-10-12-4-6-13(26-2)7-5-12/h4-9,11,22H,3,10H2,1-2H3/b15-11-. The zero-order valence-electron chi connectivity index (χ0n) is 14.8. The van der Waals surface area contributed by atoms with E-state index in [9.17, 15) is 14.0 Å². The molecule has 0 radical (unpaired) electrons. The minimum Gasteiger partial charge on any atom is -0.497 e. The number of hydrogen-bond donors (Lipinski definition) is 1. The number of halogens is 2. The monoisotopic (exact) mass is 392 g/mol. The van der Waals surface area contributed by atoms with E-state index >= 15 is 0 Å². The Labute approximate surface area is 161 Å². The number of carbonyl (C=O) groups excluding carboxylic acids is 2. The molecular formula is C19H18ClFN2O4. The second kappa shape index (κ2) is 9.68. The van der Waals surface area contributed by atoms with Gasteiger partial charge in [0, 0.05) is 18.9 Å². The highest BCUT2D eigenvalue weighted by Crippen LogP contribution is 2.19. The van der Waals surface area contributed by atoms with E-state index in [-0.39, 0.29) is 17.7 Å². The van der Waals surface area contributed by atoms with Gasteiger partial charge in [0.2, 0.25) is 5.78 Å². The Kier molecular flexibility index (Phi) is 7.31. The molecule has 0 aliphatic heterocycles.